The highest BCUT2D eigenvalue weighted by Crippen LogP contribution is 2.37. The summed E-state index contributed by atoms with van der Waals surface area (Å²) >= 11 is 0. The Morgan fingerprint density at radius 3 is 2.23 bits per heavy atom. The van der Waals surface area contributed by atoms with E-state index in [4.69, 9.17) is 0 Å². The topological polar surface area (TPSA) is 102 Å². The Morgan fingerprint density at radius 1 is 0.968 bits per heavy atom. The Kier molecular flexibility index (Phi) is 6.26. The molecule has 1 heterocycles. The lowest BCUT2D eigenvalue weighted by molar-refractivity contribution is -0.144. The van der Waals surface area contributed by atoms with Crippen LogP contribution in [0.3, 0.4) is 0 Å². The molecule has 1 aromatic rings. The number of likely N-dealkylation sites (tertiary alicyclic amines) is 1. The predicted molar refractivity (Wildman–Crippen MR) is 115 cm³/mol. The van der Waals surface area contributed by atoms with Gasteiger partial charge in [-0.1, -0.05) is 31.0 Å². The van der Waals surface area contributed by atoms with Gasteiger partial charge in [-0.25, -0.2) is 0 Å². The van der Waals surface area contributed by atoms with E-state index in [1.165, 1.54) is 0 Å². The molecule has 2 atom stereocenters. The van der Waals surface area contributed by atoms with Gasteiger partial charge < -0.3 is 15.5 Å². The van der Waals surface area contributed by atoms with Crippen molar-refractivity contribution in [1.82, 2.24) is 15.5 Å². The summed E-state index contributed by atoms with van der Waals surface area (Å²) in [5.41, 5.74) is -0.0554. The van der Waals surface area contributed by atoms with E-state index in [9.17, 15) is 19.6 Å². The van der Waals surface area contributed by atoms with Gasteiger partial charge in [-0.3, -0.25) is 14.4 Å². The average Bonchev–Trinajstić information content (AvgIpc) is 3.59. The number of hydrogen-bond acceptors (Lipinski definition) is 4. The van der Waals surface area contributed by atoms with Crippen molar-refractivity contribution < 1.29 is 14.4 Å². The summed E-state index contributed by atoms with van der Waals surface area (Å²) < 4.78 is 0. The molecule has 0 aromatic heterocycles. The number of piperidine rings is 1. The molecule has 0 spiro atoms. The molecule has 3 aliphatic rings. The Labute approximate surface area is 183 Å². The molecule has 3 amide bonds. The van der Waals surface area contributed by atoms with Crippen LogP contribution < -0.4 is 10.6 Å². The maximum Gasteiger partial charge on any atom is 0.251 e. The number of nitriles is 1. The van der Waals surface area contributed by atoms with Crippen molar-refractivity contribution in [2.75, 3.05) is 13.1 Å². The highest BCUT2D eigenvalue weighted by Gasteiger charge is 2.47. The summed E-state index contributed by atoms with van der Waals surface area (Å²) in [6, 6.07) is 11.4. The summed E-state index contributed by atoms with van der Waals surface area (Å²) in [5, 5.41) is 15.2. The van der Waals surface area contributed by atoms with Crippen LogP contribution >= 0.6 is 0 Å². The van der Waals surface area contributed by atoms with E-state index in [1.54, 1.807) is 12.1 Å². The number of rotatable bonds is 5. The molecule has 164 valence electrons. The van der Waals surface area contributed by atoms with Gasteiger partial charge in [0, 0.05) is 36.5 Å². The quantitative estimate of drug-likeness (QED) is 0.760. The normalized spacial score (nSPS) is 25.2. The minimum Gasteiger partial charge on any atom is -0.349 e. The fourth-order valence-corrected chi connectivity index (χ4v) is 4.80. The van der Waals surface area contributed by atoms with Gasteiger partial charge in [-0.15, -0.1) is 0 Å². The number of carbonyl (C=O) groups excluding carboxylic acids is 3. The molecule has 3 fully saturated rings. The zero-order chi connectivity index (χ0) is 21.8. The first kappa shape index (κ1) is 21.4. The molecule has 7 heteroatoms. The van der Waals surface area contributed by atoms with E-state index >= 15 is 0 Å². The molecule has 2 N–H and O–H groups in total. The van der Waals surface area contributed by atoms with Crippen molar-refractivity contribution in [1.29, 1.82) is 5.26 Å². The fourth-order valence-electron chi connectivity index (χ4n) is 4.80. The summed E-state index contributed by atoms with van der Waals surface area (Å²) in [5.74, 6) is -0.821. The molecule has 0 radical (unpaired) electrons. The summed E-state index contributed by atoms with van der Waals surface area (Å²) in [7, 11) is 0. The molecule has 1 aliphatic heterocycles. The largest absolute Gasteiger partial charge is 0.349 e. The van der Waals surface area contributed by atoms with Gasteiger partial charge in [0.2, 0.25) is 11.8 Å². The lowest BCUT2D eigenvalue weighted by Crippen LogP contribution is -2.51. The van der Waals surface area contributed by atoms with Gasteiger partial charge in [0.1, 0.15) is 5.54 Å². The first-order chi connectivity index (χ1) is 15.0. The van der Waals surface area contributed by atoms with Crippen molar-refractivity contribution in [3.63, 3.8) is 0 Å². The molecule has 1 saturated heterocycles. The third-order valence-corrected chi connectivity index (χ3v) is 6.92. The number of carbonyl (C=O) groups is 3. The number of hydrogen-bond donors (Lipinski definition) is 2. The minimum absolute atomic E-state index is 0.0487. The zero-order valence-corrected chi connectivity index (χ0v) is 17.8. The lowest BCUT2D eigenvalue weighted by atomic mass is 9.77. The van der Waals surface area contributed by atoms with Crippen molar-refractivity contribution in [3.8, 4) is 6.07 Å². The first-order valence-electron chi connectivity index (χ1n) is 11.4. The SMILES string of the molecule is N#CC1(NC(=O)[C@@H]2CCCC[C@H]2C(=O)N2CCC(NC(=O)c3ccccc3)CC2)CC1. The molecule has 31 heavy (non-hydrogen) atoms. The van der Waals surface area contributed by atoms with Gasteiger partial charge >= 0.3 is 0 Å². The predicted octanol–water partition coefficient (Wildman–Crippen LogP) is 2.39. The van der Waals surface area contributed by atoms with Crippen molar-refractivity contribution >= 4 is 17.7 Å². The molecular weight excluding hydrogens is 392 g/mol. The maximum atomic E-state index is 13.3. The first-order valence-corrected chi connectivity index (χ1v) is 11.4. The second-order valence-corrected chi connectivity index (χ2v) is 9.12. The van der Waals surface area contributed by atoms with Crippen LogP contribution in [0.5, 0.6) is 0 Å². The van der Waals surface area contributed by atoms with Gasteiger partial charge in [0.05, 0.1) is 6.07 Å². The van der Waals surface area contributed by atoms with Crippen LogP contribution in [0, 0.1) is 23.2 Å². The average molecular weight is 423 g/mol. The molecule has 0 bridgehead atoms. The molecule has 2 aliphatic carbocycles. The van der Waals surface area contributed by atoms with E-state index in [0.717, 1.165) is 19.3 Å². The highest BCUT2D eigenvalue weighted by molar-refractivity contribution is 5.94. The van der Waals surface area contributed by atoms with E-state index in [-0.39, 0.29) is 35.6 Å². The van der Waals surface area contributed by atoms with Crippen LogP contribution in [0.2, 0.25) is 0 Å². The van der Waals surface area contributed by atoms with Crippen LogP contribution in [0.15, 0.2) is 30.3 Å². The van der Waals surface area contributed by atoms with Crippen LogP contribution in [0.1, 0.15) is 61.7 Å². The van der Waals surface area contributed by atoms with Crippen molar-refractivity contribution in [3.05, 3.63) is 35.9 Å². The van der Waals surface area contributed by atoms with Gasteiger partial charge in [-0.2, -0.15) is 5.26 Å². The summed E-state index contributed by atoms with van der Waals surface area (Å²) in [6.45, 7) is 1.18. The summed E-state index contributed by atoms with van der Waals surface area (Å²) in [6.07, 6.45) is 6.14. The van der Waals surface area contributed by atoms with Gasteiger partial charge in [0.15, 0.2) is 0 Å². The van der Waals surface area contributed by atoms with Gasteiger partial charge in [-0.05, 0) is 50.7 Å². The van der Waals surface area contributed by atoms with Gasteiger partial charge in [0.25, 0.3) is 5.91 Å². The second-order valence-electron chi connectivity index (χ2n) is 9.12. The third-order valence-electron chi connectivity index (χ3n) is 6.92. The zero-order valence-electron chi connectivity index (χ0n) is 17.8. The molecule has 2 saturated carbocycles. The number of amides is 3. The Bertz CT molecular complexity index is 867. The molecule has 0 unspecified atom stereocenters. The molecule has 7 nitrogen and oxygen atoms in total. The van der Waals surface area contributed by atoms with E-state index in [0.29, 0.717) is 50.8 Å². The highest BCUT2D eigenvalue weighted by atomic mass is 16.2. The fraction of sp³-hybridized carbons (Fsp3) is 0.583. The smallest absolute Gasteiger partial charge is 0.251 e. The molecular formula is C24H30N4O3. The van der Waals surface area contributed by atoms with Crippen LogP contribution in [-0.2, 0) is 9.59 Å². The maximum absolute atomic E-state index is 13.3. The summed E-state index contributed by atoms with van der Waals surface area (Å²) in [4.78, 5) is 40.3. The Morgan fingerprint density at radius 2 is 1.61 bits per heavy atom. The van der Waals surface area contributed by atoms with E-state index in [1.807, 2.05) is 23.1 Å². The number of nitrogens with zero attached hydrogens (tertiary/aromatic N) is 2. The van der Waals surface area contributed by atoms with E-state index < -0.39 is 5.54 Å². The molecule has 4 rings (SSSR count). The van der Waals surface area contributed by atoms with Crippen LogP contribution in [0.25, 0.3) is 0 Å². The van der Waals surface area contributed by atoms with Crippen molar-refractivity contribution in [2.24, 2.45) is 11.8 Å². The third kappa shape index (κ3) is 4.90. The number of benzene rings is 1. The van der Waals surface area contributed by atoms with Crippen LogP contribution in [-0.4, -0.2) is 47.3 Å². The monoisotopic (exact) mass is 422 g/mol. The standard InChI is InChI=1S/C24H30N4O3/c25-16-24(12-13-24)27-22(30)19-8-4-5-9-20(19)23(31)28-14-10-18(11-15-28)26-21(29)17-6-2-1-3-7-17/h1-3,6-7,18-20H,4-5,8-15H2,(H,26,29)(H,27,30)/t19-,20-/m1/s1. The van der Waals surface area contributed by atoms with Crippen molar-refractivity contribution in [2.45, 2.75) is 62.9 Å². The Hall–Kier alpha value is -2.88. The minimum atomic E-state index is -0.697. The second kappa shape index (κ2) is 9.09. The lowest BCUT2D eigenvalue weighted by Gasteiger charge is -2.38. The van der Waals surface area contributed by atoms with Crippen LogP contribution in [0.4, 0.5) is 0 Å². The van der Waals surface area contributed by atoms with E-state index in [2.05, 4.69) is 16.7 Å². The Balaban J connectivity index is 1.31. The molecule has 1 aromatic carbocycles. The number of nitrogens with one attached hydrogen (secondary N) is 2.